The molecule has 5 nitrogen and oxygen atoms in total. The molecule has 0 aliphatic carbocycles. The smallest absolute Gasteiger partial charge is 0.280 e. The number of rotatable bonds is 6. The zero-order valence-corrected chi connectivity index (χ0v) is 18.5. The maximum absolute atomic E-state index is 13.9. The van der Waals surface area contributed by atoms with Crippen LogP contribution in [0.15, 0.2) is 88.8 Å². The molecule has 3 aromatic carbocycles. The lowest BCUT2D eigenvalue weighted by atomic mass is 10.1. The van der Waals surface area contributed by atoms with Crippen molar-refractivity contribution in [3.05, 3.63) is 101 Å². The molecule has 166 valence electrons. The molecule has 0 N–H and O–H groups in total. The maximum atomic E-state index is 13.9. The van der Waals surface area contributed by atoms with E-state index in [4.69, 9.17) is 4.98 Å². The molecular weight excluding hydrogens is 442 g/mol. The molecule has 0 radical (unpaired) electrons. The molecule has 0 spiro atoms. The van der Waals surface area contributed by atoms with E-state index >= 15 is 0 Å². The van der Waals surface area contributed by atoms with Gasteiger partial charge in [0.15, 0.2) is 5.16 Å². The van der Waals surface area contributed by atoms with Crippen molar-refractivity contribution in [1.29, 1.82) is 0 Å². The van der Waals surface area contributed by atoms with Gasteiger partial charge in [-0.15, -0.1) is 0 Å². The number of benzene rings is 3. The molecule has 0 fully saturated rings. The van der Waals surface area contributed by atoms with Crippen molar-refractivity contribution in [2.24, 2.45) is 0 Å². The van der Waals surface area contributed by atoms with Crippen molar-refractivity contribution >= 4 is 33.7 Å². The Morgan fingerprint density at radius 1 is 0.848 bits per heavy atom. The molecule has 2 heterocycles. The van der Waals surface area contributed by atoms with Crippen LogP contribution in [0.4, 0.5) is 8.78 Å². The summed E-state index contributed by atoms with van der Waals surface area (Å²) in [5.74, 6) is 0.378. The fraction of sp³-hybridized carbons (Fsp3) is 0.160. The van der Waals surface area contributed by atoms with E-state index < -0.39 is 6.55 Å². The number of hydrogen-bond donors (Lipinski definition) is 0. The van der Waals surface area contributed by atoms with E-state index in [9.17, 15) is 13.6 Å². The first-order valence-corrected chi connectivity index (χ1v) is 11.5. The Labute approximate surface area is 192 Å². The van der Waals surface area contributed by atoms with Gasteiger partial charge in [-0.3, -0.25) is 13.9 Å². The zero-order valence-electron chi connectivity index (χ0n) is 17.7. The summed E-state index contributed by atoms with van der Waals surface area (Å²) in [4.78, 5) is 22.6. The van der Waals surface area contributed by atoms with Crippen LogP contribution in [-0.2, 0) is 5.75 Å². The van der Waals surface area contributed by atoms with Crippen LogP contribution in [0, 0.1) is 0 Å². The van der Waals surface area contributed by atoms with Crippen LogP contribution in [0.1, 0.15) is 30.9 Å². The maximum Gasteiger partial charge on any atom is 0.320 e. The first kappa shape index (κ1) is 21.3. The summed E-state index contributed by atoms with van der Waals surface area (Å²) in [6.45, 7) is -0.783. The summed E-state index contributed by atoms with van der Waals surface area (Å²) < 4.78 is 30.3. The largest absolute Gasteiger partial charge is 0.320 e. The fourth-order valence-corrected chi connectivity index (χ4v) is 5.00. The predicted molar refractivity (Wildman–Crippen MR) is 127 cm³/mol. The molecule has 1 atom stereocenters. The minimum absolute atomic E-state index is 0.144. The van der Waals surface area contributed by atoms with E-state index in [1.807, 2.05) is 43.3 Å². The average molecular weight is 463 g/mol. The normalized spacial score (nSPS) is 12.6. The second-order valence-electron chi connectivity index (χ2n) is 7.63. The van der Waals surface area contributed by atoms with Crippen LogP contribution in [-0.4, -0.2) is 19.1 Å². The van der Waals surface area contributed by atoms with E-state index in [0.717, 1.165) is 10.1 Å². The van der Waals surface area contributed by atoms with E-state index in [2.05, 4.69) is 4.98 Å². The SMILES string of the molecule is CC(c1ccccc1)n1c(SCc2nc3ccccc3n2C(F)F)nc2ccccc2c1=O. The van der Waals surface area contributed by atoms with Crippen LogP contribution >= 0.6 is 11.8 Å². The standard InChI is InChI=1S/C25H20F2N4OS/c1-16(17-9-3-2-4-10-17)30-23(32)18-11-5-6-12-19(18)29-25(30)33-15-22-28-20-13-7-8-14-21(20)31(22)24(26)27/h2-14,16,24H,15H2,1H3. The van der Waals surface area contributed by atoms with Crippen molar-refractivity contribution in [3.8, 4) is 0 Å². The van der Waals surface area contributed by atoms with Gasteiger partial charge in [-0.25, -0.2) is 9.97 Å². The average Bonchev–Trinajstić information content (AvgIpc) is 3.22. The summed E-state index contributed by atoms with van der Waals surface area (Å²) >= 11 is 1.23. The third-order valence-electron chi connectivity index (χ3n) is 5.64. The number of alkyl halides is 2. The van der Waals surface area contributed by atoms with Crippen LogP contribution < -0.4 is 5.56 Å². The molecule has 33 heavy (non-hydrogen) atoms. The Balaban J connectivity index is 1.61. The quantitative estimate of drug-likeness (QED) is 0.228. The first-order chi connectivity index (χ1) is 16.0. The van der Waals surface area contributed by atoms with Crippen molar-refractivity contribution in [2.75, 3.05) is 0 Å². The fourth-order valence-electron chi connectivity index (χ4n) is 3.99. The van der Waals surface area contributed by atoms with Crippen molar-refractivity contribution < 1.29 is 8.78 Å². The van der Waals surface area contributed by atoms with E-state index in [1.54, 1.807) is 47.0 Å². The molecule has 2 aromatic heterocycles. The molecule has 5 aromatic rings. The topological polar surface area (TPSA) is 52.7 Å². The Bertz CT molecular complexity index is 1500. The monoisotopic (exact) mass is 462 g/mol. The molecule has 0 saturated heterocycles. The number of hydrogen-bond acceptors (Lipinski definition) is 4. The van der Waals surface area contributed by atoms with Gasteiger partial charge in [-0.1, -0.05) is 66.4 Å². The highest BCUT2D eigenvalue weighted by Gasteiger charge is 2.21. The highest BCUT2D eigenvalue weighted by Crippen LogP contribution is 2.30. The van der Waals surface area contributed by atoms with Gasteiger partial charge in [0.1, 0.15) is 5.82 Å². The summed E-state index contributed by atoms with van der Waals surface area (Å²) in [5, 5.41) is 0.979. The van der Waals surface area contributed by atoms with Gasteiger partial charge in [0.05, 0.1) is 33.7 Å². The Kier molecular flexibility index (Phi) is 5.68. The number of aromatic nitrogens is 4. The molecule has 8 heteroatoms. The molecule has 0 amide bonds. The molecule has 5 rings (SSSR count). The van der Waals surface area contributed by atoms with Gasteiger partial charge < -0.3 is 0 Å². The lowest BCUT2D eigenvalue weighted by Gasteiger charge is -2.20. The van der Waals surface area contributed by atoms with E-state index in [1.165, 1.54) is 11.8 Å². The van der Waals surface area contributed by atoms with Crippen LogP contribution in [0.2, 0.25) is 0 Å². The third kappa shape index (κ3) is 3.91. The van der Waals surface area contributed by atoms with E-state index in [0.29, 0.717) is 27.1 Å². The number of fused-ring (bicyclic) bond motifs is 2. The Morgan fingerprint density at radius 3 is 2.27 bits per heavy atom. The van der Waals surface area contributed by atoms with Crippen molar-refractivity contribution in [3.63, 3.8) is 0 Å². The minimum Gasteiger partial charge on any atom is -0.280 e. The number of nitrogens with zero attached hydrogens (tertiary/aromatic N) is 4. The number of thioether (sulfide) groups is 1. The molecule has 0 bridgehead atoms. The summed E-state index contributed by atoms with van der Waals surface area (Å²) in [7, 11) is 0. The van der Waals surface area contributed by atoms with Gasteiger partial charge in [0, 0.05) is 0 Å². The number of halogens is 2. The predicted octanol–water partition coefficient (Wildman–Crippen LogP) is 6.04. The van der Waals surface area contributed by atoms with E-state index in [-0.39, 0.29) is 23.2 Å². The lowest BCUT2D eigenvalue weighted by Crippen LogP contribution is -2.27. The Hall–Kier alpha value is -3.52. The van der Waals surface area contributed by atoms with Gasteiger partial charge in [-0.2, -0.15) is 8.78 Å². The molecule has 0 aliphatic rings. The minimum atomic E-state index is -2.72. The van der Waals surface area contributed by atoms with Crippen LogP contribution in [0.25, 0.3) is 21.9 Å². The van der Waals surface area contributed by atoms with Gasteiger partial charge in [-0.05, 0) is 36.8 Å². The first-order valence-electron chi connectivity index (χ1n) is 10.5. The highest BCUT2D eigenvalue weighted by molar-refractivity contribution is 7.98. The number of imidazole rings is 1. The third-order valence-corrected chi connectivity index (χ3v) is 6.59. The van der Waals surface area contributed by atoms with Gasteiger partial charge >= 0.3 is 6.55 Å². The summed E-state index contributed by atoms with van der Waals surface area (Å²) in [6.07, 6.45) is 0. The number of para-hydroxylation sites is 3. The zero-order chi connectivity index (χ0) is 22.9. The molecule has 0 aliphatic heterocycles. The second-order valence-corrected chi connectivity index (χ2v) is 8.57. The summed E-state index contributed by atoms with van der Waals surface area (Å²) in [6, 6.07) is 23.4. The summed E-state index contributed by atoms with van der Waals surface area (Å²) in [5.41, 5.74) is 2.25. The molecule has 0 saturated carbocycles. The van der Waals surface area contributed by atoms with Crippen LogP contribution in [0.5, 0.6) is 0 Å². The highest BCUT2D eigenvalue weighted by atomic mass is 32.2. The lowest BCUT2D eigenvalue weighted by molar-refractivity contribution is 0.0722. The Morgan fingerprint density at radius 2 is 1.52 bits per heavy atom. The molecular formula is C25H20F2N4OS. The van der Waals surface area contributed by atoms with Crippen molar-refractivity contribution in [1.82, 2.24) is 19.1 Å². The van der Waals surface area contributed by atoms with Crippen molar-refractivity contribution in [2.45, 2.75) is 30.4 Å². The van der Waals surface area contributed by atoms with Gasteiger partial charge in [0.2, 0.25) is 0 Å². The van der Waals surface area contributed by atoms with Gasteiger partial charge in [0.25, 0.3) is 5.56 Å². The van der Waals surface area contributed by atoms with Crippen LogP contribution in [0.3, 0.4) is 0 Å². The molecule has 1 unspecified atom stereocenters. The second kappa shape index (κ2) is 8.78.